The summed E-state index contributed by atoms with van der Waals surface area (Å²) in [5, 5.41) is 8.39. The minimum atomic E-state index is -0.195. The number of hydrogen-bond acceptors (Lipinski definition) is 4. The molecule has 0 spiro atoms. The summed E-state index contributed by atoms with van der Waals surface area (Å²) in [6.45, 7) is 7.89. The van der Waals surface area contributed by atoms with Crippen molar-refractivity contribution >= 4 is 17.2 Å². The monoisotopic (exact) mass is 468 g/mol. The van der Waals surface area contributed by atoms with Crippen LogP contribution in [0, 0.1) is 18.7 Å². The van der Waals surface area contributed by atoms with Crippen LogP contribution in [0.2, 0.25) is 0 Å². The molecule has 0 bridgehead atoms. The Morgan fingerprint density at radius 3 is 2.64 bits per heavy atom. The quantitative estimate of drug-likeness (QED) is 0.467. The third-order valence-electron chi connectivity index (χ3n) is 6.92. The van der Waals surface area contributed by atoms with Gasteiger partial charge in [0.1, 0.15) is 5.82 Å². The van der Waals surface area contributed by atoms with E-state index in [4.69, 9.17) is 0 Å². The maximum absolute atomic E-state index is 14.5. The highest BCUT2D eigenvalue weighted by molar-refractivity contribution is 7.08. The first-order valence-electron chi connectivity index (χ1n) is 11.7. The van der Waals surface area contributed by atoms with Gasteiger partial charge in [-0.1, -0.05) is 18.2 Å². The molecule has 3 heterocycles. The molecular formula is C26H33FN4OS. The summed E-state index contributed by atoms with van der Waals surface area (Å²) in [4.78, 5) is 17.5. The summed E-state index contributed by atoms with van der Waals surface area (Å²) in [7, 11) is 1.88. The predicted octanol–water partition coefficient (Wildman–Crippen LogP) is 5.01. The average molecular weight is 469 g/mol. The summed E-state index contributed by atoms with van der Waals surface area (Å²) in [6, 6.07) is 8.77. The lowest BCUT2D eigenvalue weighted by Crippen LogP contribution is -2.47. The first kappa shape index (κ1) is 23.6. The highest BCUT2D eigenvalue weighted by Crippen LogP contribution is 2.29. The SMILES string of the molecule is CCn1cc(CN2CCC([C@@H](Cc3ccccc3F)N(C)C(=O)c3ccsc3)CC2)c(C)n1. The van der Waals surface area contributed by atoms with Crippen molar-refractivity contribution in [3.63, 3.8) is 0 Å². The Balaban J connectivity index is 1.47. The summed E-state index contributed by atoms with van der Waals surface area (Å²) in [5.41, 5.74) is 3.76. The molecule has 1 amide bonds. The lowest BCUT2D eigenvalue weighted by atomic mass is 9.84. The molecule has 0 saturated carbocycles. The van der Waals surface area contributed by atoms with Gasteiger partial charge < -0.3 is 4.90 Å². The fraction of sp³-hybridized carbons (Fsp3) is 0.462. The van der Waals surface area contributed by atoms with Gasteiger partial charge in [-0.25, -0.2) is 4.39 Å². The van der Waals surface area contributed by atoms with Crippen molar-refractivity contribution < 1.29 is 9.18 Å². The molecule has 4 rings (SSSR count). The minimum absolute atomic E-state index is 0.0163. The van der Waals surface area contributed by atoms with E-state index in [0.29, 0.717) is 23.5 Å². The van der Waals surface area contributed by atoms with E-state index < -0.39 is 0 Å². The van der Waals surface area contributed by atoms with E-state index in [9.17, 15) is 9.18 Å². The molecule has 2 aromatic heterocycles. The molecule has 0 N–H and O–H groups in total. The van der Waals surface area contributed by atoms with Gasteiger partial charge in [-0.3, -0.25) is 14.4 Å². The van der Waals surface area contributed by atoms with Crippen LogP contribution < -0.4 is 0 Å². The first-order valence-corrected chi connectivity index (χ1v) is 12.7. The van der Waals surface area contributed by atoms with Crippen LogP contribution in [0.15, 0.2) is 47.3 Å². The Labute approximate surface area is 199 Å². The lowest BCUT2D eigenvalue weighted by molar-refractivity contribution is 0.0583. The Morgan fingerprint density at radius 2 is 2.00 bits per heavy atom. The Kier molecular flexibility index (Phi) is 7.60. The Morgan fingerprint density at radius 1 is 1.24 bits per heavy atom. The van der Waals surface area contributed by atoms with E-state index in [2.05, 4.69) is 30.0 Å². The summed E-state index contributed by atoms with van der Waals surface area (Å²) < 4.78 is 16.5. The van der Waals surface area contributed by atoms with Gasteiger partial charge in [-0.2, -0.15) is 16.4 Å². The molecule has 0 radical (unpaired) electrons. The number of carbonyl (C=O) groups excluding carboxylic acids is 1. The maximum Gasteiger partial charge on any atom is 0.254 e. The van der Waals surface area contributed by atoms with Crippen LogP contribution in [0.5, 0.6) is 0 Å². The zero-order valence-electron chi connectivity index (χ0n) is 19.7. The van der Waals surface area contributed by atoms with Crippen molar-refractivity contribution in [2.24, 2.45) is 5.92 Å². The van der Waals surface area contributed by atoms with Crippen molar-refractivity contribution in [1.82, 2.24) is 19.6 Å². The number of likely N-dealkylation sites (tertiary alicyclic amines) is 1. The van der Waals surface area contributed by atoms with Crippen molar-refractivity contribution in [1.29, 1.82) is 0 Å². The Hall–Kier alpha value is -2.51. The number of nitrogens with zero attached hydrogens (tertiary/aromatic N) is 4. The van der Waals surface area contributed by atoms with Gasteiger partial charge in [-0.05, 0) is 75.2 Å². The predicted molar refractivity (Wildman–Crippen MR) is 131 cm³/mol. The van der Waals surface area contributed by atoms with E-state index in [1.54, 1.807) is 6.07 Å². The zero-order chi connectivity index (χ0) is 23.4. The maximum atomic E-state index is 14.5. The van der Waals surface area contributed by atoms with Crippen LogP contribution in [0.3, 0.4) is 0 Å². The number of aromatic nitrogens is 2. The lowest BCUT2D eigenvalue weighted by Gasteiger charge is -2.40. The number of aryl methyl sites for hydroxylation is 2. The number of hydrogen-bond donors (Lipinski definition) is 0. The number of thiophene rings is 1. The number of rotatable bonds is 8. The number of amides is 1. The second-order valence-corrected chi connectivity index (χ2v) is 9.78. The molecule has 5 nitrogen and oxygen atoms in total. The first-order chi connectivity index (χ1) is 16.0. The van der Waals surface area contributed by atoms with Gasteiger partial charge in [0, 0.05) is 43.3 Å². The van der Waals surface area contributed by atoms with E-state index >= 15 is 0 Å². The highest BCUT2D eigenvalue weighted by atomic mass is 32.1. The summed E-state index contributed by atoms with van der Waals surface area (Å²) in [6.07, 6.45) is 4.66. The van der Waals surface area contributed by atoms with Crippen LogP contribution in [0.1, 0.15) is 46.9 Å². The largest absolute Gasteiger partial charge is 0.338 e. The molecule has 1 aromatic carbocycles. The van der Waals surface area contributed by atoms with E-state index in [0.717, 1.165) is 44.7 Å². The molecule has 7 heteroatoms. The summed E-state index contributed by atoms with van der Waals surface area (Å²) >= 11 is 1.52. The number of likely N-dealkylation sites (N-methyl/N-ethyl adjacent to an activating group) is 1. The molecule has 1 aliphatic heterocycles. The van der Waals surface area contributed by atoms with Crippen LogP contribution in [0.25, 0.3) is 0 Å². The molecular weight excluding hydrogens is 435 g/mol. The number of halogens is 1. The molecule has 0 aliphatic carbocycles. The Bertz CT molecular complexity index is 1060. The topological polar surface area (TPSA) is 41.4 Å². The van der Waals surface area contributed by atoms with Gasteiger partial charge in [-0.15, -0.1) is 0 Å². The number of carbonyl (C=O) groups is 1. The van der Waals surface area contributed by atoms with Crippen molar-refractivity contribution in [2.75, 3.05) is 20.1 Å². The van der Waals surface area contributed by atoms with Gasteiger partial charge in [0.15, 0.2) is 0 Å². The van der Waals surface area contributed by atoms with Gasteiger partial charge in [0.05, 0.1) is 11.3 Å². The fourth-order valence-corrected chi connectivity index (χ4v) is 5.49. The molecule has 176 valence electrons. The molecule has 1 fully saturated rings. The van der Waals surface area contributed by atoms with Crippen LogP contribution in [-0.4, -0.2) is 51.7 Å². The van der Waals surface area contributed by atoms with E-state index in [1.165, 1.54) is 23.0 Å². The molecule has 33 heavy (non-hydrogen) atoms. The second kappa shape index (κ2) is 10.6. The standard InChI is InChI=1S/C26H33FN4OS/c1-4-31-17-23(19(2)28-31)16-30-12-9-20(10-13-30)25(15-21-7-5-6-8-24(21)27)29(3)26(32)22-11-14-33-18-22/h5-8,11,14,17-18,20,25H,4,9-10,12-13,15-16H2,1-3H3/t25-/m1/s1. The molecule has 1 atom stereocenters. The van der Waals surface area contributed by atoms with Crippen molar-refractivity contribution in [3.8, 4) is 0 Å². The van der Waals surface area contributed by atoms with Crippen LogP contribution in [0.4, 0.5) is 4.39 Å². The van der Waals surface area contributed by atoms with Crippen LogP contribution in [-0.2, 0) is 19.5 Å². The smallest absolute Gasteiger partial charge is 0.254 e. The fourth-order valence-electron chi connectivity index (χ4n) is 4.86. The van der Waals surface area contributed by atoms with E-state index in [-0.39, 0.29) is 17.8 Å². The minimum Gasteiger partial charge on any atom is -0.338 e. The van der Waals surface area contributed by atoms with Gasteiger partial charge >= 0.3 is 0 Å². The highest BCUT2D eigenvalue weighted by Gasteiger charge is 2.32. The third kappa shape index (κ3) is 5.53. The van der Waals surface area contributed by atoms with Crippen molar-refractivity contribution in [2.45, 2.75) is 52.2 Å². The number of benzene rings is 1. The second-order valence-electron chi connectivity index (χ2n) is 9.00. The third-order valence-corrected chi connectivity index (χ3v) is 7.60. The molecule has 0 unspecified atom stereocenters. The van der Waals surface area contributed by atoms with Crippen molar-refractivity contribution in [3.05, 3.63) is 75.5 Å². The zero-order valence-corrected chi connectivity index (χ0v) is 20.5. The van der Waals surface area contributed by atoms with Crippen LogP contribution >= 0.6 is 11.3 Å². The normalized spacial score (nSPS) is 16.1. The molecule has 3 aromatic rings. The van der Waals surface area contributed by atoms with E-state index in [1.807, 2.05) is 45.6 Å². The molecule has 1 saturated heterocycles. The number of piperidine rings is 1. The molecule has 1 aliphatic rings. The summed E-state index contributed by atoms with van der Waals surface area (Å²) in [5.74, 6) is 0.148. The van der Waals surface area contributed by atoms with Gasteiger partial charge in [0.2, 0.25) is 0 Å². The van der Waals surface area contributed by atoms with Gasteiger partial charge in [0.25, 0.3) is 5.91 Å². The average Bonchev–Trinajstić information content (AvgIpc) is 3.48.